The lowest BCUT2D eigenvalue weighted by molar-refractivity contribution is -0.137. The van der Waals surface area contributed by atoms with Gasteiger partial charge in [-0.3, -0.25) is 4.98 Å². The average Bonchev–Trinajstić information content (AvgIpc) is 3.03. The molecule has 134 valence electrons. The van der Waals surface area contributed by atoms with Gasteiger partial charge in [0.15, 0.2) is 0 Å². The van der Waals surface area contributed by atoms with E-state index in [0.717, 1.165) is 17.7 Å². The van der Waals surface area contributed by atoms with Crippen LogP contribution in [0.3, 0.4) is 0 Å². The van der Waals surface area contributed by atoms with Crippen molar-refractivity contribution in [2.45, 2.75) is 6.18 Å². The fourth-order valence-corrected chi connectivity index (χ4v) is 3.15. The first-order valence-corrected chi connectivity index (χ1v) is 8.13. The van der Waals surface area contributed by atoms with Crippen molar-refractivity contribution in [1.29, 1.82) is 10.5 Å². The minimum Gasteiger partial charge on any atom is -0.252 e. The summed E-state index contributed by atoms with van der Waals surface area (Å²) in [5.41, 5.74) is 2.68. The first-order chi connectivity index (χ1) is 13.4. The smallest absolute Gasteiger partial charge is 0.252 e. The molecule has 0 fully saturated rings. The summed E-state index contributed by atoms with van der Waals surface area (Å²) in [5, 5.41) is 18.7. The summed E-state index contributed by atoms with van der Waals surface area (Å²) in [4.78, 5) is 8.94. The standard InChI is InChI=1S/C21H9F3N4/c22-21(23,24)14-7-5-12(6-8-14)17-11-27-19-16-4-2-1-3-15(16)18(20(19)28-17)13(9-25)10-26/h1-8,11H. The Bertz CT molecular complexity index is 1190. The zero-order valence-electron chi connectivity index (χ0n) is 14.1. The van der Waals surface area contributed by atoms with Crippen LogP contribution < -0.4 is 0 Å². The number of alkyl halides is 3. The van der Waals surface area contributed by atoms with Crippen LogP contribution in [0.1, 0.15) is 16.8 Å². The van der Waals surface area contributed by atoms with Crippen LogP contribution in [0, 0.1) is 22.7 Å². The van der Waals surface area contributed by atoms with Gasteiger partial charge in [0.2, 0.25) is 0 Å². The molecule has 4 nitrogen and oxygen atoms in total. The molecule has 7 heteroatoms. The highest BCUT2D eigenvalue weighted by Gasteiger charge is 2.31. The van der Waals surface area contributed by atoms with Crippen molar-refractivity contribution < 1.29 is 13.2 Å². The van der Waals surface area contributed by atoms with Crippen LogP contribution in [0.4, 0.5) is 13.2 Å². The summed E-state index contributed by atoms with van der Waals surface area (Å²) in [6.07, 6.45) is -2.95. The molecule has 0 amide bonds. The topological polar surface area (TPSA) is 73.4 Å². The third-order valence-electron chi connectivity index (χ3n) is 4.44. The molecule has 0 unspecified atom stereocenters. The molecule has 0 saturated heterocycles. The Balaban J connectivity index is 1.89. The largest absolute Gasteiger partial charge is 0.416 e. The van der Waals surface area contributed by atoms with E-state index < -0.39 is 11.7 Å². The number of allylic oxidation sites excluding steroid dienone is 1. The van der Waals surface area contributed by atoms with Gasteiger partial charge in [-0.15, -0.1) is 0 Å². The number of hydrogen-bond acceptors (Lipinski definition) is 4. The van der Waals surface area contributed by atoms with Gasteiger partial charge in [0.1, 0.15) is 17.7 Å². The maximum absolute atomic E-state index is 12.8. The molecule has 1 heterocycles. The molecule has 0 N–H and O–H groups in total. The van der Waals surface area contributed by atoms with Crippen LogP contribution in [-0.4, -0.2) is 9.97 Å². The maximum Gasteiger partial charge on any atom is 0.416 e. The number of aromatic nitrogens is 2. The summed E-state index contributed by atoms with van der Waals surface area (Å²) < 4.78 is 38.3. The Morgan fingerprint density at radius 3 is 2.11 bits per heavy atom. The van der Waals surface area contributed by atoms with Crippen LogP contribution >= 0.6 is 0 Å². The van der Waals surface area contributed by atoms with E-state index >= 15 is 0 Å². The molecular formula is C21H9F3N4. The number of nitriles is 2. The fraction of sp³-hybridized carbons (Fsp3) is 0.0476. The molecule has 0 saturated carbocycles. The highest BCUT2D eigenvalue weighted by molar-refractivity contribution is 6.01. The summed E-state index contributed by atoms with van der Waals surface area (Å²) in [5.74, 6) is 0. The van der Waals surface area contributed by atoms with Gasteiger partial charge in [0.25, 0.3) is 0 Å². The SMILES string of the molecule is N#CC(C#N)=C1c2ccccc2-c2ncc(-c3ccc(C(F)(F)F)cc3)nc21. The van der Waals surface area contributed by atoms with E-state index in [1.165, 1.54) is 18.3 Å². The van der Waals surface area contributed by atoms with Crippen LogP contribution in [0.25, 0.3) is 28.1 Å². The molecule has 0 bridgehead atoms. The van der Waals surface area contributed by atoms with Crippen LogP contribution in [-0.2, 0) is 6.18 Å². The lowest BCUT2D eigenvalue weighted by Gasteiger charge is -2.08. The molecule has 1 aliphatic carbocycles. The van der Waals surface area contributed by atoms with Gasteiger partial charge in [0, 0.05) is 16.7 Å². The third-order valence-corrected chi connectivity index (χ3v) is 4.44. The summed E-state index contributed by atoms with van der Waals surface area (Å²) >= 11 is 0. The van der Waals surface area contributed by atoms with Gasteiger partial charge >= 0.3 is 6.18 Å². The predicted molar refractivity (Wildman–Crippen MR) is 95.2 cm³/mol. The van der Waals surface area contributed by atoms with E-state index in [9.17, 15) is 23.7 Å². The van der Waals surface area contributed by atoms with Crippen molar-refractivity contribution in [3.05, 3.63) is 77.1 Å². The van der Waals surface area contributed by atoms with E-state index in [-0.39, 0.29) is 5.57 Å². The first kappa shape index (κ1) is 17.4. The zero-order chi connectivity index (χ0) is 19.9. The molecule has 4 rings (SSSR count). The van der Waals surface area contributed by atoms with E-state index in [0.29, 0.717) is 33.8 Å². The van der Waals surface area contributed by atoms with Gasteiger partial charge in [-0.25, -0.2) is 4.98 Å². The van der Waals surface area contributed by atoms with E-state index in [2.05, 4.69) is 9.97 Å². The van der Waals surface area contributed by atoms with Crippen LogP contribution in [0.2, 0.25) is 0 Å². The van der Waals surface area contributed by atoms with Crippen molar-refractivity contribution in [3.8, 4) is 34.7 Å². The van der Waals surface area contributed by atoms with E-state index in [1.807, 2.05) is 24.3 Å². The highest BCUT2D eigenvalue weighted by atomic mass is 19.4. The second kappa shape index (κ2) is 6.33. The summed E-state index contributed by atoms with van der Waals surface area (Å²) in [7, 11) is 0. The minimum absolute atomic E-state index is 0.0925. The van der Waals surface area contributed by atoms with Crippen molar-refractivity contribution in [2.75, 3.05) is 0 Å². The van der Waals surface area contributed by atoms with Crippen molar-refractivity contribution >= 4 is 5.57 Å². The van der Waals surface area contributed by atoms with E-state index in [4.69, 9.17) is 0 Å². The molecule has 1 aliphatic rings. The number of fused-ring (bicyclic) bond motifs is 3. The van der Waals surface area contributed by atoms with Crippen molar-refractivity contribution in [1.82, 2.24) is 9.97 Å². The van der Waals surface area contributed by atoms with Crippen molar-refractivity contribution in [2.24, 2.45) is 0 Å². The molecule has 3 aromatic rings. The average molecular weight is 374 g/mol. The first-order valence-electron chi connectivity index (χ1n) is 8.13. The lowest BCUT2D eigenvalue weighted by Crippen LogP contribution is -2.04. The Kier molecular flexibility index (Phi) is 3.94. The van der Waals surface area contributed by atoms with Gasteiger partial charge < -0.3 is 0 Å². The quantitative estimate of drug-likeness (QED) is 0.440. The maximum atomic E-state index is 12.8. The van der Waals surface area contributed by atoms with Gasteiger partial charge in [-0.2, -0.15) is 23.7 Å². The van der Waals surface area contributed by atoms with Crippen molar-refractivity contribution in [3.63, 3.8) is 0 Å². The van der Waals surface area contributed by atoms with Crippen LogP contribution in [0.5, 0.6) is 0 Å². The zero-order valence-corrected chi connectivity index (χ0v) is 14.1. The molecular weight excluding hydrogens is 365 g/mol. The minimum atomic E-state index is -4.42. The fourth-order valence-electron chi connectivity index (χ4n) is 3.15. The number of nitrogens with zero attached hydrogens (tertiary/aromatic N) is 4. The molecule has 28 heavy (non-hydrogen) atoms. The number of rotatable bonds is 1. The third kappa shape index (κ3) is 2.70. The van der Waals surface area contributed by atoms with Gasteiger partial charge in [-0.05, 0) is 17.7 Å². The molecule has 0 radical (unpaired) electrons. The molecule has 2 aromatic carbocycles. The Hall–Kier alpha value is -3.97. The molecule has 0 aliphatic heterocycles. The molecule has 1 aromatic heterocycles. The van der Waals surface area contributed by atoms with Gasteiger partial charge in [-0.1, -0.05) is 36.4 Å². The Morgan fingerprint density at radius 2 is 1.50 bits per heavy atom. The second-order valence-electron chi connectivity index (χ2n) is 6.05. The number of hydrogen-bond donors (Lipinski definition) is 0. The molecule has 0 spiro atoms. The normalized spacial score (nSPS) is 12.0. The van der Waals surface area contributed by atoms with Crippen LogP contribution in [0.15, 0.2) is 60.3 Å². The predicted octanol–water partition coefficient (Wildman–Crippen LogP) is 4.99. The summed E-state index contributed by atoms with van der Waals surface area (Å²) in [6, 6.07) is 15.6. The van der Waals surface area contributed by atoms with Gasteiger partial charge in [0.05, 0.1) is 28.8 Å². The Morgan fingerprint density at radius 1 is 0.857 bits per heavy atom. The second-order valence-corrected chi connectivity index (χ2v) is 6.05. The highest BCUT2D eigenvalue weighted by Crippen LogP contribution is 2.44. The lowest BCUT2D eigenvalue weighted by atomic mass is 10.0. The molecule has 0 atom stereocenters. The summed E-state index contributed by atoms with van der Waals surface area (Å²) in [6.45, 7) is 0. The number of halogens is 3. The number of benzene rings is 2. The monoisotopic (exact) mass is 374 g/mol. The Labute approximate surface area is 157 Å². The van der Waals surface area contributed by atoms with E-state index in [1.54, 1.807) is 12.1 Å².